The molecular weight excluding hydrogens is 290 g/mol. The lowest BCUT2D eigenvalue weighted by atomic mass is 9.97. The number of methoxy groups -OCH3 is 1. The molecule has 124 valence electrons. The Morgan fingerprint density at radius 2 is 2.04 bits per heavy atom. The smallest absolute Gasteiger partial charge is 0.221 e. The average molecular weight is 315 g/mol. The first-order chi connectivity index (χ1) is 11.0. The predicted octanol–water partition coefficient (Wildman–Crippen LogP) is 3.37. The minimum atomic E-state index is -0.0963. The van der Waals surface area contributed by atoms with Crippen molar-refractivity contribution in [3.63, 3.8) is 0 Å². The Morgan fingerprint density at radius 3 is 2.74 bits per heavy atom. The second kappa shape index (κ2) is 6.32. The highest BCUT2D eigenvalue weighted by atomic mass is 16.5. The van der Waals surface area contributed by atoms with E-state index in [9.17, 15) is 0 Å². The maximum Gasteiger partial charge on any atom is 0.221 e. The predicted molar refractivity (Wildman–Crippen MR) is 88.6 cm³/mol. The highest BCUT2D eigenvalue weighted by molar-refractivity contribution is 5.33. The van der Waals surface area contributed by atoms with E-state index in [1.165, 1.54) is 5.56 Å². The summed E-state index contributed by atoms with van der Waals surface area (Å²) in [5, 5.41) is 8.49. The largest absolute Gasteiger partial charge is 0.496 e. The Morgan fingerprint density at radius 1 is 1.26 bits per heavy atom. The van der Waals surface area contributed by atoms with Crippen LogP contribution in [0, 0.1) is 0 Å². The summed E-state index contributed by atoms with van der Waals surface area (Å²) in [6, 6.07) is 8.19. The summed E-state index contributed by atoms with van der Waals surface area (Å²) in [5.74, 6) is 2.77. The molecule has 1 aromatic heterocycles. The lowest BCUT2D eigenvalue weighted by Crippen LogP contribution is -2.20. The SMILES string of the molecule is COc1ccccc1CN1CC[C@H](c2nnc(C(C)(C)C)o2)C1. The molecule has 1 atom stereocenters. The molecule has 0 bridgehead atoms. The van der Waals surface area contributed by atoms with Gasteiger partial charge in [0.05, 0.1) is 13.0 Å². The Labute approximate surface area is 137 Å². The normalized spacial score (nSPS) is 19.2. The zero-order valence-electron chi connectivity index (χ0n) is 14.4. The van der Waals surface area contributed by atoms with Crippen molar-refractivity contribution in [2.45, 2.75) is 45.1 Å². The molecule has 2 aromatic rings. The maximum atomic E-state index is 5.90. The zero-order valence-corrected chi connectivity index (χ0v) is 14.4. The quantitative estimate of drug-likeness (QED) is 0.866. The molecule has 5 nitrogen and oxygen atoms in total. The molecule has 1 aromatic carbocycles. The summed E-state index contributed by atoms with van der Waals surface area (Å²) >= 11 is 0. The van der Waals surface area contributed by atoms with Crippen molar-refractivity contribution in [3.8, 4) is 5.75 Å². The molecule has 23 heavy (non-hydrogen) atoms. The Balaban J connectivity index is 1.66. The number of nitrogens with zero attached hydrogens (tertiary/aromatic N) is 3. The van der Waals surface area contributed by atoms with Gasteiger partial charge in [-0.1, -0.05) is 39.0 Å². The number of hydrogen-bond donors (Lipinski definition) is 0. The van der Waals surface area contributed by atoms with E-state index in [2.05, 4.69) is 48.0 Å². The monoisotopic (exact) mass is 315 g/mol. The third-order valence-corrected chi connectivity index (χ3v) is 4.29. The first-order valence-electron chi connectivity index (χ1n) is 8.15. The van der Waals surface area contributed by atoms with E-state index in [4.69, 9.17) is 9.15 Å². The molecule has 3 rings (SSSR count). The summed E-state index contributed by atoms with van der Waals surface area (Å²) in [7, 11) is 1.72. The van der Waals surface area contributed by atoms with Crippen molar-refractivity contribution in [1.29, 1.82) is 0 Å². The van der Waals surface area contributed by atoms with Gasteiger partial charge in [0, 0.05) is 24.1 Å². The number of benzene rings is 1. The third-order valence-electron chi connectivity index (χ3n) is 4.29. The molecule has 5 heteroatoms. The molecule has 2 heterocycles. The molecule has 1 saturated heterocycles. The maximum absolute atomic E-state index is 5.90. The van der Waals surface area contributed by atoms with E-state index in [1.54, 1.807) is 7.11 Å². The topological polar surface area (TPSA) is 51.4 Å². The van der Waals surface area contributed by atoms with Gasteiger partial charge in [0.2, 0.25) is 11.8 Å². The average Bonchev–Trinajstić information content (AvgIpc) is 3.15. The molecule has 0 saturated carbocycles. The number of aromatic nitrogens is 2. The Kier molecular flexibility index (Phi) is 4.39. The van der Waals surface area contributed by atoms with E-state index in [-0.39, 0.29) is 5.41 Å². The minimum absolute atomic E-state index is 0.0963. The fourth-order valence-electron chi connectivity index (χ4n) is 2.95. The zero-order chi connectivity index (χ0) is 16.4. The molecule has 0 aliphatic carbocycles. The summed E-state index contributed by atoms with van der Waals surface area (Å²) in [6.45, 7) is 9.15. The van der Waals surface area contributed by atoms with Crippen LogP contribution in [0.2, 0.25) is 0 Å². The molecule has 1 aliphatic rings. The number of ether oxygens (including phenoxy) is 1. The van der Waals surface area contributed by atoms with E-state index < -0.39 is 0 Å². The molecule has 0 unspecified atom stereocenters. The van der Waals surface area contributed by atoms with Gasteiger partial charge in [0.1, 0.15) is 5.75 Å². The van der Waals surface area contributed by atoms with Crippen LogP contribution in [-0.4, -0.2) is 35.3 Å². The van der Waals surface area contributed by atoms with Crippen LogP contribution in [0.25, 0.3) is 0 Å². The van der Waals surface area contributed by atoms with Gasteiger partial charge in [-0.2, -0.15) is 0 Å². The van der Waals surface area contributed by atoms with Gasteiger partial charge < -0.3 is 9.15 Å². The molecular formula is C18H25N3O2. The van der Waals surface area contributed by atoms with Crippen molar-refractivity contribution >= 4 is 0 Å². The number of hydrogen-bond acceptors (Lipinski definition) is 5. The van der Waals surface area contributed by atoms with Crippen LogP contribution < -0.4 is 4.74 Å². The van der Waals surface area contributed by atoms with Gasteiger partial charge in [-0.3, -0.25) is 4.90 Å². The van der Waals surface area contributed by atoms with Gasteiger partial charge in [0.15, 0.2) is 0 Å². The van der Waals surface area contributed by atoms with Gasteiger partial charge in [-0.15, -0.1) is 10.2 Å². The number of para-hydroxylation sites is 1. The molecule has 0 N–H and O–H groups in total. The van der Waals surface area contributed by atoms with Crippen molar-refractivity contribution in [3.05, 3.63) is 41.6 Å². The van der Waals surface area contributed by atoms with E-state index in [1.807, 2.05) is 12.1 Å². The fourth-order valence-corrected chi connectivity index (χ4v) is 2.95. The molecule has 0 spiro atoms. The summed E-state index contributed by atoms with van der Waals surface area (Å²) in [5.41, 5.74) is 1.12. The van der Waals surface area contributed by atoms with Crippen LogP contribution >= 0.6 is 0 Å². The van der Waals surface area contributed by atoms with Gasteiger partial charge in [-0.25, -0.2) is 0 Å². The lowest BCUT2D eigenvalue weighted by Gasteiger charge is -2.17. The van der Waals surface area contributed by atoms with Crippen molar-refractivity contribution < 1.29 is 9.15 Å². The summed E-state index contributed by atoms with van der Waals surface area (Å²) in [6.07, 6.45) is 1.06. The van der Waals surface area contributed by atoms with Crippen LogP contribution in [-0.2, 0) is 12.0 Å². The second-order valence-electron chi connectivity index (χ2n) is 7.23. The summed E-state index contributed by atoms with van der Waals surface area (Å²) < 4.78 is 11.3. The van der Waals surface area contributed by atoms with Crippen LogP contribution in [0.1, 0.15) is 50.5 Å². The van der Waals surface area contributed by atoms with Crippen LogP contribution in [0.15, 0.2) is 28.7 Å². The molecule has 0 amide bonds. The van der Waals surface area contributed by atoms with E-state index >= 15 is 0 Å². The fraction of sp³-hybridized carbons (Fsp3) is 0.556. The number of rotatable bonds is 4. The van der Waals surface area contributed by atoms with E-state index in [0.29, 0.717) is 5.92 Å². The molecule has 1 fully saturated rings. The van der Waals surface area contributed by atoms with Crippen molar-refractivity contribution in [1.82, 2.24) is 15.1 Å². The Hall–Kier alpha value is -1.88. The standard InChI is InChI=1S/C18H25N3O2/c1-18(2,3)17-20-19-16(23-17)14-9-10-21(12-14)11-13-7-5-6-8-15(13)22-4/h5-8,14H,9-12H2,1-4H3/t14-/m0/s1. The lowest BCUT2D eigenvalue weighted by molar-refractivity contribution is 0.306. The Bertz CT molecular complexity index is 660. The van der Waals surface area contributed by atoms with Gasteiger partial charge in [0.25, 0.3) is 0 Å². The highest BCUT2D eigenvalue weighted by Crippen LogP contribution is 2.31. The molecule has 1 aliphatic heterocycles. The molecule has 0 radical (unpaired) electrons. The van der Waals surface area contributed by atoms with Crippen molar-refractivity contribution in [2.24, 2.45) is 0 Å². The highest BCUT2D eigenvalue weighted by Gasteiger charge is 2.30. The number of likely N-dealkylation sites (tertiary alicyclic amines) is 1. The first kappa shape index (κ1) is 16.0. The third kappa shape index (κ3) is 3.55. The van der Waals surface area contributed by atoms with Crippen LogP contribution in [0.3, 0.4) is 0 Å². The first-order valence-corrected chi connectivity index (χ1v) is 8.15. The van der Waals surface area contributed by atoms with Crippen LogP contribution in [0.5, 0.6) is 5.75 Å². The summed E-state index contributed by atoms with van der Waals surface area (Å²) in [4.78, 5) is 2.42. The van der Waals surface area contributed by atoms with Gasteiger partial charge >= 0.3 is 0 Å². The second-order valence-corrected chi connectivity index (χ2v) is 7.23. The minimum Gasteiger partial charge on any atom is -0.496 e. The van der Waals surface area contributed by atoms with Crippen LogP contribution in [0.4, 0.5) is 0 Å². The van der Waals surface area contributed by atoms with E-state index in [0.717, 1.165) is 43.6 Å². The van der Waals surface area contributed by atoms with Crippen molar-refractivity contribution in [2.75, 3.05) is 20.2 Å². The van der Waals surface area contributed by atoms with Gasteiger partial charge in [-0.05, 0) is 19.0 Å².